The van der Waals surface area contributed by atoms with Crippen molar-refractivity contribution in [3.63, 3.8) is 0 Å². The number of halogens is 1. The molecule has 7 heteroatoms. The fourth-order valence-electron chi connectivity index (χ4n) is 3.01. The van der Waals surface area contributed by atoms with Gasteiger partial charge < -0.3 is 20.2 Å². The average molecular weight is 338 g/mol. The predicted octanol–water partition coefficient (Wildman–Crippen LogP) is 1.61. The lowest BCUT2D eigenvalue weighted by Gasteiger charge is -2.30. The van der Waals surface area contributed by atoms with Crippen LogP contribution in [0.4, 0.5) is 10.5 Å². The number of hydrogen-bond donors (Lipinski definition) is 2. The predicted molar refractivity (Wildman–Crippen MR) is 87.6 cm³/mol. The molecule has 2 N–H and O–H groups in total. The maximum Gasteiger partial charge on any atom is 0.317 e. The molecule has 1 aromatic rings. The topological polar surface area (TPSA) is 72.9 Å². The first-order valence-corrected chi connectivity index (χ1v) is 8.20. The Bertz CT molecular complexity index is 585. The van der Waals surface area contributed by atoms with E-state index in [1.165, 1.54) is 0 Å². The summed E-state index contributed by atoms with van der Waals surface area (Å²) in [6.07, 6.45) is 1.19. The summed E-state index contributed by atoms with van der Waals surface area (Å²) < 4.78 is 0. The van der Waals surface area contributed by atoms with Crippen LogP contribution in [0.3, 0.4) is 0 Å². The summed E-state index contributed by atoms with van der Waals surface area (Å²) in [4.78, 5) is 27.8. The largest absolute Gasteiger partial charge is 0.393 e. The summed E-state index contributed by atoms with van der Waals surface area (Å²) in [5.74, 6) is -0.00770. The zero-order valence-electron chi connectivity index (χ0n) is 12.7. The first-order valence-electron chi connectivity index (χ1n) is 7.82. The fourth-order valence-corrected chi connectivity index (χ4v) is 3.14. The van der Waals surface area contributed by atoms with Crippen molar-refractivity contribution in [2.24, 2.45) is 0 Å². The summed E-state index contributed by atoms with van der Waals surface area (Å²) in [5, 5.41) is 13.0. The van der Waals surface area contributed by atoms with Gasteiger partial charge in [0, 0.05) is 36.8 Å². The van der Waals surface area contributed by atoms with Crippen molar-refractivity contribution in [3.05, 3.63) is 29.3 Å². The van der Waals surface area contributed by atoms with Gasteiger partial charge in [-0.05, 0) is 37.1 Å². The quantitative estimate of drug-likeness (QED) is 0.861. The summed E-state index contributed by atoms with van der Waals surface area (Å²) in [6, 6.07) is 6.74. The number of nitrogens with zero attached hydrogens (tertiary/aromatic N) is 2. The van der Waals surface area contributed by atoms with Crippen LogP contribution in [0.15, 0.2) is 24.3 Å². The lowest BCUT2D eigenvalue weighted by atomic mass is 10.1. The molecule has 2 saturated heterocycles. The minimum absolute atomic E-state index is 0.00770. The number of carbonyl (C=O) groups is 2. The zero-order chi connectivity index (χ0) is 16.4. The Morgan fingerprint density at radius 1 is 1.22 bits per heavy atom. The van der Waals surface area contributed by atoms with Crippen LogP contribution in [0.5, 0.6) is 0 Å². The van der Waals surface area contributed by atoms with Gasteiger partial charge in [0.15, 0.2) is 0 Å². The molecule has 1 aromatic carbocycles. The van der Waals surface area contributed by atoms with Gasteiger partial charge in [-0.1, -0.05) is 11.6 Å². The van der Waals surface area contributed by atoms with Crippen LogP contribution in [-0.4, -0.2) is 53.7 Å². The second-order valence-electron chi connectivity index (χ2n) is 6.05. The Morgan fingerprint density at radius 2 is 1.87 bits per heavy atom. The highest BCUT2D eigenvalue weighted by atomic mass is 35.5. The Morgan fingerprint density at radius 3 is 2.52 bits per heavy atom. The Kier molecular flexibility index (Phi) is 4.73. The van der Waals surface area contributed by atoms with Crippen molar-refractivity contribution in [3.8, 4) is 0 Å². The standard InChI is InChI=1S/C16H20ClN3O3/c17-11-1-3-13(4-2-11)20-10-12(9-15(20)22)18-16(23)19-7-5-14(21)6-8-19/h1-4,12,14,21H,5-10H2,(H,18,23)/t12-/m1/s1. The van der Waals surface area contributed by atoms with Crippen molar-refractivity contribution >= 4 is 29.2 Å². The number of likely N-dealkylation sites (tertiary alicyclic amines) is 1. The van der Waals surface area contributed by atoms with Gasteiger partial charge in [0.2, 0.25) is 5.91 Å². The van der Waals surface area contributed by atoms with Crippen LogP contribution in [-0.2, 0) is 4.79 Å². The number of urea groups is 1. The lowest BCUT2D eigenvalue weighted by molar-refractivity contribution is -0.117. The monoisotopic (exact) mass is 337 g/mol. The highest BCUT2D eigenvalue weighted by Crippen LogP contribution is 2.23. The molecule has 2 aliphatic heterocycles. The Balaban J connectivity index is 1.57. The van der Waals surface area contributed by atoms with E-state index in [1.807, 2.05) is 0 Å². The van der Waals surface area contributed by atoms with Crippen molar-refractivity contribution in [2.75, 3.05) is 24.5 Å². The molecule has 0 saturated carbocycles. The molecule has 6 nitrogen and oxygen atoms in total. The number of rotatable bonds is 2. The second kappa shape index (κ2) is 6.76. The molecular weight excluding hydrogens is 318 g/mol. The number of hydrogen-bond acceptors (Lipinski definition) is 3. The Hall–Kier alpha value is -1.79. The number of amides is 3. The molecule has 3 rings (SSSR count). The molecule has 2 heterocycles. The highest BCUT2D eigenvalue weighted by Gasteiger charge is 2.33. The third-order valence-corrected chi connectivity index (χ3v) is 4.59. The first-order chi connectivity index (χ1) is 11.0. The molecule has 0 unspecified atom stereocenters. The van der Waals surface area contributed by atoms with Crippen LogP contribution in [0.2, 0.25) is 5.02 Å². The van der Waals surface area contributed by atoms with Crippen molar-refractivity contribution in [1.29, 1.82) is 0 Å². The number of nitrogens with one attached hydrogen (secondary N) is 1. The zero-order valence-corrected chi connectivity index (χ0v) is 13.5. The van der Waals surface area contributed by atoms with E-state index in [-0.39, 0.29) is 24.1 Å². The molecule has 0 radical (unpaired) electrons. The summed E-state index contributed by atoms with van der Waals surface area (Å²) in [6.45, 7) is 1.56. The van der Waals surface area contributed by atoms with Crippen molar-refractivity contribution < 1.29 is 14.7 Å². The normalized spacial score (nSPS) is 22.5. The van der Waals surface area contributed by atoms with E-state index in [4.69, 9.17) is 11.6 Å². The van der Waals surface area contributed by atoms with Crippen LogP contribution in [0.25, 0.3) is 0 Å². The molecular formula is C16H20ClN3O3. The number of carbonyl (C=O) groups excluding carboxylic acids is 2. The van der Waals surface area contributed by atoms with Crippen molar-refractivity contribution in [1.82, 2.24) is 10.2 Å². The average Bonchev–Trinajstić information content (AvgIpc) is 2.89. The first kappa shape index (κ1) is 16.1. The molecule has 0 aliphatic carbocycles. The molecule has 2 aliphatic rings. The van der Waals surface area contributed by atoms with Gasteiger partial charge in [-0.25, -0.2) is 4.79 Å². The van der Waals surface area contributed by atoms with Gasteiger partial charge >= 0.3 is 6.03 Å². The lowest BCUT2D eigenvalue weighted by Crippen LogP contribution is -2.49. The van der Waals surface area contributed by atoms with E-state index in [0.29, 0.717) is 43.9 Å². The minimum Gasteiger partial charge on any atom is -0.393 e. The maximum absolute atomic E-state index is 12.2. The summed E-state index contributed by atoms with van der Waals surface area (Å²) >= 11 is 5.86. The fraction of sp³-hybridized carbons (Fsp3) is 0.500. The molecule has 0 spiro atoms. The van der Waals surface area contributed by atoms with Crippen LogP contribution in [0, 0.1) is 0 Å². The van der Waals surface area contributed by atoms with E-state index in [9.17, 15) is 14.7 Å². The third kappa shape index (κ3) is 3.76. The molecule has 124 valence electrons. The van der Waals surface area contributed by atoms with E-state index in [1.54, 1.807) is 34.1 Å². The van der Waals surface area contributed by atoms with Gasteiger partial charge in [-0.15, -0.1) is 0 Å². The van der Waals surface area contributed by atoms with E-state index in [0.717, 1.165) is 5.69 Å². The van der Waals surface area contributed by atoms with Crippen LogP contribution >= 0.6 is 11.6 Å². The minimum atomic E-state index is -0.312. The van der Waals surface area contributed by atoms with Crippen LogP contribution in [0.1, 0.15) is 19.3 Å². The highest BCUT2D eigenvalue weighted by molar-refractivity contribution is 6.30. The maximum atomic E-state index is 12.2. The molecule has 2 fully saturated rings. The van der Waals surface area contributed by atoms with Crippen molar-refractivity contribution in [2.45, 2.75) is 31.4 Å². The molecule has 0 aromatic heterocycles. The third-order valence-electron chi connectivity index (χ3n) is 4.34. The second-order valence-corrected chi connectivity index (χ2v) is 6.49. The number of anilines is 1. The molecule has 3 amide bonds. The Labute approximate surface area is 140 Å². The number of benzene rings is 1. The smallest absolute Gasteiger partial charge is 0.317 e. The van der Waals surface area contributed by atoms with Gasteiger partial charge in [-0.2, -0.15) is 0 Å². The van der Waals surface area contributed by atoms with Gasteiger partial charge in [0.25, 0.3) is 0 Å². The number of piperidine rings is 1. The number of aliphatic hydroxyl groups excluding tert-OH is 1. The summed E-state index contributed by atoms with van der Waals surface area (Å²) in [7, 11) is 0. The SMILES string of the molecule is O=C(N[C@@H]1CC(=O)N(c2ccc(Cl)cc2)C1)N1CCC(O)CC1. The van der Waals surface area contributed by atoms with Gasteiger partial charge in [-0.3, -0.25) is 4.79 Å². The number of aliphatic hydroxyl groups is 1. The molecule has 23 heavy (non-hydrogen) atoms. The van der Waals surface area contributed by atoms with E-state index in [2.05, 4.69) is 5.32 Å². The molecule has 1 atom stereocenters. The van der Waals surface area contributed by atoms with E-state index >= 15 is 0 Å². The van der Waals surface area contributed by atoms with Crippen LogP contribution < -0.4 is 10.2 Å². The molecule has 0 bridgehead atoms. The van der Waals surface area contributed by atoms with Gasteiger partial charge in [0.1, 0.15) is 0 Å². The van der Waals surface area contributed by atoms with E-state index < -0.39 is 0 Å². The van der Waals surface area contributed by atoms with Gasteiger partial charge in [0.05, 0.1) is 12.1 Å². The summed E-state index contributed by atoms with van der Waals surface area (Å²) in [5.41, 5.74) is 0.789.